The predicted molar refractivity (Wildman–Crippen MR) is 98.1 cm³/mol. The number of hydrogen-bond donors (Lipinski definition) is 1. The van der Waals surface area contributed by atoms with E-state index < -0.39 is 0 Å². The van der Waals surface area contributed by atoms with Crippen molar-refractivity contribution in [3.8, 4) is 0 Å². The maximum atomic E-state index is 10.6. The highest BCUT2D eigenvalue weighted by Gasteiger charge is 2.25. The fourth-order valence-corrected chi connectivity index (χ4v) is 3.49. The van der Waals surface area contributed by atoms with Gasteiger partial charge >= 0.3 is 0 Å². The summed E-state index contributed by atoms with van der Waals surface area (Å²) in [4.78, 5) is 0. The van der Waals surface area contributed by atoms with E-state index in [0.29, 0.717) is 5.92 Å². The van der Waals surface area contributed by atoms with Crippen molar-refractivity contribution in [1.82, 2.24) is 0 Å². The summed E-state index contributed by atoms with van der Waals surface area (Å²) < 4.78 is 0. The molecule has 1 saturated carbocycles. The molecule has 1 nitrogen and oxygen atoms in total. The minimum Gasteiger partial charge on any atom is -0.393 e. The smallest absolute Gasteiger partial charge is 0.0605 e. The molecule has 1 N–H and O–H groups in total. The Morgan fingerprint density at radius 1 is 1.05 bits per heavy atom. The fraction of sp³-hybridized carbons (Fsp3) is 0.810. The topological polar surface area (TPSA) is 20.2 Å². The molecule has 1 aliphatic carbocycles. The molecule has 1 aliphatic rings. The number of unbranched alkanes of at least 4 members (excludes halogenated alkanes) is 6. The zero-order chi connectivity index (χ0) is 16.0. The van der Waals surface area contributed by atoms with Gasteiger partial charge in [0, 0.05) is 5.92 Å². The molecule has 0 bridgehead atoms. The Morgan fingerprint density at radius 2 is 1.82 bits per heavy atom. The van der Waals surface area contributed by atoms with Crippen LogP contribution in [0.15, 0.2) is 23.8 Å². The lowest BCUT2D eigenvalue weighted by Crippen LogP contribution is -2.25. The van der Waals surface area contributed by atoms with Crippen molar-refractivity contribution in [1.29, 1.82) is 0 Å². The van der Waals surface area contributed by atoms with Gasteiger partial charge in [0.15, 0.2) is 0 Å². The van der Waals surface area contributed by atoms with Gasteiger partial charge in [-0.2, -0.15) is 0 Å². The van der Waals surface area contributed by atoms with Crippen LogP contribution < -0.4 is 0 Å². The van der Waals surface area contributed by atoms with Crippen molar-refractivity contribution < 1.29 is 5.11 Å². The van der Waals surface area contributed by atoms with E-state index in [0.717, 1.165) is 6.42 Å². The highest BCUT2D eigenvalue weighted by Crippen LogP contribution is 2.33. The van der Waals surface area contributed by atoms with E-state index in [9.17, 15) is 5.11 Å². The minimum atomic E-state index is -0.114. The molecular weight excluding hydrogens is 268 g/mol. The minimum absolute atomic E-state index is 0.114. The first-order valence-corrected chi connectivity index (χ1v) is 9.83. The molecule has 0 radical (unpaired) electrons. The van der Waals surface area contributed by atoms with Crippen molar-refractivity contribution in [2.45, 2.75) is 103 Å². The van der Waals surface area contributed by atoms with Gasteiger partial charge in [0.05, 0.1) is 6.10 Å². The van der Waals surface area contributed by atoms with Crippen LogP contribution in [0, 0.1) is 5.92 Å². The first kappa shape index (κ1) is 19.5. The largest absolute Gasteiger partial charge is 0.393 e. The Labute approximate surface area is 138 Å². The first-order valence-electron chi connectivity index (χ1n) is 9.83. The van der Waals surface area contributed by atoms with Crippen LogP contribution >= 0.6 is 0 Å². The second kappa shape index (κ2) is 12.9. The molecule has 128 valence electrons. The summed E-state index contributed by atoms with van der Waals surface area (Å²) in [6.45, 7) is 4.49. The highest BCUT2D eigenvalue weighted by atomic mass is 16.3. The summed E-state index contributed by atoms with van der Waals surface area (Å²) in [5, 5.41) is 10.6. The fourth-order valence-electron chi connectivity index (χ4n) is 3.49. The van der Waals surface area contributed by atoms with Crippen molar-refractivity contribution in [3.63, 3.8) is 0 Å². The zero-order valence-electron chi connectivity index (χ0n) is 15.0. The molecule has 0 spiro atoms. The van der Waals surface area contributed by atoms with Gasteiger partial charge in [0.2, 0.25) is 0 Å². The van der Waals surface area contributed by atoms with Gasteiger partial charge in [-0.1, -0.05) is 82.6 Å². The van der Waals surface area contributed by atoms with E-state index in [2.05, 4.69) is 32.1 Å². The van der Waals surface area contributed by atoms with E-state index >= 15 is 0 Å². The highest BCUT2D eigenvalue weighted by molar-refractivity contribution is 5.18. The van der Waals surface area contributed by atoms with E-state index in [4.69, 9.17) is 0 Å². The summed E-state index contributed by atoms with van der Waals surface area (Å²) in [6.07, 6.45) is 22.9. The van der Waals surface area contributed by atoms with Crippen molar-refractivity contribution in [3.05, 3.63) is 23.8 Å². The Morgan fingerprint density at radius 3 is 2.59 bits per heavy atom. The normalized spacial score (nSPS) is 22.5. The number of aliphatic hydroxyl groups excluding tert-OH is 1. The van der Waals surface area contributed by atoms with E-state index in [1.807, 2.05) is 0 Å². The second-order valence-electron chi connectivity index (χ2n) is 6.93. The molecule has 1 unspecified atom stereocenters. The van der Waals surface area contributed by atoms with Gasteiger partial charge in [0.25, 0.3) is 0 Å². The Hall–Kier alpha value is -0.560. The molecule has 0 aliphatic heterocycles. The molecule has 1 fully saturated rings. The molecule has 0 heterocycles. The predicted octanol–water partition coefficient (Wildman–Crippen LogP) is 6.57. The molecule has 0 amide bonds. The molecule has 0 saturated heterocycles. The van der Waals surface area contributed by atoms with Crippen molar-refractivity contribution in [2.24, 2.45) is 5.92 Å². The summed E-state index contributed by atoms with van der Waals surface area (Å²) >= 11 is 0. The average Bonchev–Trinajstić information content (AvgIpc) is 2.55. The third-order valence-electron chi connectivity index (χ3n) is 4.95. The SMILES string of the molecule is CCCCC/C=C/C=C1\CCCC[C@H]1C(O)CCCCCC. The Kier molecular flexibility index (Phi) is 11.5. The van der Waals surface area contributed by atoms with Gasteiger partial charge in [-0.25, -0.2) is 0 Å². The number of aliphatic hydroxyl groups is 1. The van der Waals surface area contributed by atoms with Crippen LogP contribution in [0.1, 0.15) is 97.3 Å². The first-order chi connectivity index (χ1) is 10.8. The number of hydrogen-bond acceptors (Lipinski definition) is 1. The third-order valence-corrected chi connectivity index (χ3v) is 4.95. The van der Waals surface area contributed by atoms with Crippen LogP contribution in [0.4, 0.5) is 0 Å². The quantitative estimate of drug-likeness (QED) is 0.428. The summed E-state index contributed by atoms with van der Waals surface area (Å²) in [6, 6.07) is 0. The van der Waals surface area contributed by atoms with Crippen LogP contribution in [0.3, 0.4) is 0 Å². The van der Waals surface area contributed by atoms with Crippen LogP contribution in [0.25, 0.3) is 0 Å². The molecular formula is C21H38O. The molecule has 0 aromatic carbocycles. The van der Waals surface area contributed by atoms with Crippen LogP contribution in [0.2, 0.25) is 0 Å². The maximum absolute atomic E-state index is 10.6. The molecule has 1 heteroatoms. The van der Waals surface area contributed by atoms with E-state index in [1.165, 1.54) is 82.6 Å². The molecule has 1 rings (SSSR count). The van der Waals surface area contributed by atoms with Gasteiger partial charge in [-0.05, 0) is 38.5 Å². The lowest BCUT2D eigenvalue weighted by atomic mass is 9.79. The van der Waals surface area contributed by atoms with Crippen LogP contribution in [-0.4, -0.2) is 11.2 Å². The van der Waals surface area contributed by atoms with E-state index in [-0.39, 0.29) is 6.10 Å². The van der Waals surface area contributed by atoms with Crippen LogP contribution in [-0.2, 0) is 0 Å². The summed E-state index contributed by atoms with van der Waals surface area (Å²) in [7, 11) is 0. The van der Waals surface area contributed by atoms with Gasteiger partial charge in [-0.15, -0.1) is 0 Å². The molecule has 0 aromatic rings. The Balaban J connectivity index is 2.40. The standard InChI is InChI=1S/C21H38O/c1-3-5-7-9-10-11-15-19-16-13-14-17-20(19)21(22)18-12-8-6-4-2/h10-11,15,20-22H,3-9,12-14,16-18H2,1-2H3/b11-10+,19-15+/t20-,21?/m1/s1. The third kappa shape index (κ3) is 8.17. The number of allylic oxidation sites excluding steroid dienone is 3. The van der Waals surface area contributed by atoms with Crippen molar-refractivity contribution in [2.75, 3.05) is 0 Å². The summed E-state index contributed by atoms with van der Waals surface area (Å²) in [5.41, 5.74) is 1.50. The van der Waals surface area contributed by atoms with Gasteiger partial charge in [-0.3, -0.25) is 0 Å². The Bertz CT molecular complexity index is 316. The monoisotopic (exact) mass is 306 g/mol. The lowest BCUT2D eigenvalue weighted by molar-refractivity contribution is 0.0995. The zero-order valence-corrected chi connectivity index (χ0v) is 15.0. The van der Waals surface area contributed by atoms with Crippen molar-refractivity contribution >= 4 is 0 Å². The number of rotatable bonds is 11. The van der Waals surface area contributed by atoms with Crippen LogP contribution in [0.5, 0.6) is 0 Å². The average molecular weight is 307 g/mol. The second-order valence-corrected chi connectivity index (χ2v) is 6.93. The summed E-state index contributed by atoms with van der Waals surface area (Å²) in [5.74, 6) is 0.427. The molecule has 0 aromatic heterocycles. The maximum Gasteiger partial charge on any atom is 0.0605 e. The lowest BCUT2D eigenvalue weighted by Gasteiger charge is -2.29. The van der Waals surface area contributed by atoms with Gasteiger partial charge < -0.3 is 5.11 Å². The van der Waals surface area contributed by atoms with E-state index in [1.54, 1.807) is 0 Å². The molecule has 22 heavy (non-hydrogen) atoms. The molecule has 2 atom stereocenters. The van der Waals surface area contributed by atoms with Gasteiger partial charge in [0.1, 0.15) is 0 Å².